The van der Waals surface area contributed by atoms with Gasteiger partial charge in [-0.1, -0.05) is 24.9 Å². The Bertz CT molecular complexity index is 464. The monoisotopic (exact) mass is 299 g/mol. The van der Waals surface area contributed by atoms with Crippen molar-refractivity contribution >= 4 is 29.3 Å². The lowest BCUT2D eigenvalue weighted by Gasteiger charge is -2.19. The Labute approximate surface area is 122 Å². The summed E-state index contributed by atoms with van der Waals surface area (Å²) >= 11 is 5.73. The molecule has 1 atom stereocenters. The van der Waals surface area contributed by atoms with Crippen LogP contribution in [0, 0.1) is 0 Å². The van der Waals surface area contributed by atoms with Crippen LogP contribution in [0.25, 0.3) is 0 Å². The van der Waals surface area contributed by atoms with E-state index in [4.69, 9.17) is 16.7 Å². The molecule has 110 valence electrons. The lowest BCUT2D eigenvalue weighted by molar-refractivity contribution is -0.141. The van der Waals surface area contributed by atoms with E-state index in [1.807, 2.05) is 6.92 Å². The van der Waals surface area contributed by atoms with E-state index in [1.54, 1.807) is 24.1 Å². The molecule has 1 amide bonds. The molecule has 1 rings (SSSR count). The van der Waals surface area contributed by atoms with Crippen LogP contribution in [0.1, 0.15) is 19.8 Å². The van der Waals surface area contributed by atoms with Gasteiger partial charge in [0.2, 0.25) is 5.91 Å². The summed E-state index contributed by atoms with van der Waals surface area (Å²) in [6.07, 6.45) is 2.58. The van der Waals surface area contributed by atoms with Crippen molar-refractivity contribution in [2.45, 2.75) is 25.8 Å². The second-order valence-electron chi connectivity index (χ2n) is 4.44. The summed E-state index contributed by atoms with van der Waals surface area (Å²) < 4.78 is 0. The van der Waals surface area contributed by atoms with Crippen molar-refractivity contribution < 1.29 is 14.7 Å². The van der Waals surface area contributed by atoms with Gasteiger partial charge < -0.3 is 15.3 Å². The summed E-state index contributed by atoms with van der Waals surface area (Å²) in [7, 11) is 1.70. The molecule has 0 bridgehead atoms. The zero-order chi connectivity index (χ0) is 15.1. The number of rotatable bonds is 7. The minimum Gasteiger partial charge on any atom is -0.480 e. The zero-order valence-electron chi connectivity index (χ0n) is 11.5. The van der Waals surface area contributed by atoms with Gasteiger partial charge in [-0.3, -0.25) is 4.79 Å². The average Bonchev–Trinajstić information content (AvgIpc) is 2.38. The molecule has 1 heterocycles. The van der Waals surface area contributed by atoms with Gasteiger partial charge in [0.1, 0.15) is 11.9 Å². The number of nitrogens with zero attached hydrogens (tertiary/aromatic N) is 2. The van der Waals surface area contributed by atoms with Crippen LogP contribution in [-0.4, -0.2) is 41.6 Å². The first-order valence-electron chi connectivity index (χ1n) is 6.29. The van der Waals surface area contributed by atoms with Crippen LogP contribution in [0.15, 0.2) is 18.3 Å². The van der Waals surface area contributed by atoms with Crippen molar-refractivity contribution in [1.82, 2.24) is 10.3 Å². The molecule has 0 aliphatic rings. The maximum Gasteiger partial charge on any atom is 0.326 e. The number of carboxylic acids is 1. The topological polar surface area (TPSA) is 82.5 Å². The number of aliphatic carboxylic acids is 1. The van der Waals surface area contributed by atoms with Gasteiger partial charge in [0.15, 0.2) is 0 Å². The summed E-state index contributed by atoms with van der Waals surface area (Å²) in [5.74, 6) is -0.788. The number of pyridine rings is 1. The van der Waals surface area contributed by atoms with Gasteiger partial charge in [-0.15, -0.1) is 0 Å². The van der Waals surface area contributed by atoms with Crippen LogP contribution in [-0.2, 0) is 9.59 Å². The van der Waals surface area contributed by atoms with Crippen LogP contribution < -0.4 is 10.2 Å². The molecule has 0 saturated carbocycles. The molecular formula is C13H18ClN3O3. The smallest absolute Gasteiger partial charge is 0.326 e. The lowest BCUT2D eigenvalue weighted by Crippen LogP contribution is -2.45. The summed E-state index contributed by atoms with van der Waals surface area (Å²) in [5, 5.41) is 12.0. The Morgan fingerprint density at radius 2 is 2.20 bits per heavy atom. The van der Waals surface area contributed by atoms with Crippen molar-refractivity contribution in [3.05, 3.63) is 23.4 Å². The average molecular weight is 300 g/mol. The fourth-order valence-electron chi connectivity index (χ4n) is 1.68. The van der Waals surface area contributed by atoms with Crippen LogP contribution in [0.2, 0.25) is 5.02 Å². The standard InChI is InChI=1S/C13H18ClN3O3/c1-3-4-10(13(19)20)16-12(18)8-17(2)11-6-5-9(14)7-15-11/h5-7,10H,3-4,8H2,1-2H3,(H,16,18)(H,19,20)/t10-/m0/s1. The Kier molecular flexibility index (Phi) is 6.24. The number of hydrogen-bond acceptors (Lipinski definition) is 4. The van der Waals surface area contributed by atoms with E-state index in [0.29, 0.717) is 23.7 Å². The number of aromatic nitrogens is 1. The summed E-state index contributed by atoms with van der Waals surface area (Å²) in [4.78, 5) is 28.5. The van der Waals surface area contributed by atoms with E-state index in [-0.39, 0.29) is 12.5 Å². The fourth-order valence-corrected chi connectivity index (χ4v) is 1.79. The predicted molar refractivity (Wildman–Crippen MR) is 77.0 cm³/mol. The number of likely N-dealkylation sites (N-methyl/N-ethyl adjacent to an activating group) is 1. The number of amides is 1. The third-order valence-corrected chi connectivity index (χ3v) is 2.92. The second kappa shape index (κ2) is 7.69. The highest BCUT2D eigenvalue weighted by molar-refractivity contribution is 6.30. The third-order valence-electron chi connectivity index (χ3n) is 2.69. The van der Waals surface area contributed by atoms with Gasteiger partial charge in [0.05, 0.1) is 11.6 Å². The molecule has 20 heavy (non-hydrogen) atoms. The van der Waals surface area contributed by atoms with Crippen molar-refractivity contribution in [3.63, 3.8) is 0 Å². The summed E-state index contributed by atoms with van der Waals surface area (Å²) in [6.45, 7) is 1.90. The number of anilines is 1. The van der Waals surface area contributed by atoms with Gasteiger partial charge in [0.25, 0.3) is 0 Å². The molecule has 1 aromatic heterocycles. The third kappa shape index (κ3) is 5.05. The van der Waals surface area contributed by atoms with Crippen molar-refractivity contribution in [1.29, 1.82) is 0 Å². The van der Waals surface area contributed by atoms with Crippen molar-refractivity contribution in [2.75, 3.05) is 18.5 Å². The minimum absolute atomic E-state index is 0.0299. The van der Waals surface area contributed by atoms with Gasteiger partial charge in [-0.05, 0) is 18.6 Å². The highest BCUT2D eigenvalue weighted by Gasteiger charge is 2.19. The first-order chi connectivity index (χ1) is 9.43. The van der Waals surface area contributed by atoms with E-state index in [9.17, 15) is 9.59 Å². The predicted octanol–water partition coefficient (Wildman–Crippen LogP) is 1.54. The fraction of sp³-hybridized carbons (Fsp3) is 0.462. The van der Waals surface area contributed by atoms with E-state index >= 15 is 0 Å². The molecule has 2 N–H and O–H groups in total. The first-order valence-corrected chi connectivity index (χ1v) is 6.66. The molecule has 0 radical (unpaired) electrons. The molecule has 0 fully saturated rings. The molecule has 7 heteroatoms. The highest BCUT2D eigenvalue weighted by atomic mass is 35.5. The summed E-state index contributed by atoms with van der Waals surface area (Å²) in [6, 6.07) is 2.52. The number of carboxylic acid groups (broad SMARTS) is 1. The molecule has 0 aliphatic heterocycles. The van der Waals surface area contributed by atoms with Crippen LogP contribution in [0.4, 0.5) is 5.82 Å². The van der Waals surface area contributed by atoms with Crippen LogP contribution >= 0.6 is 11.6 Å². The maximum absolute atomic E-state index is 11.8. The summed E-state index contributed by atoms with van der Waals surface area (Å²) in [5.41, 5.74) is 0. The quantitative estimate of drug-likeness (QED) is 0.798. The number of carbonyl (C=O) groups is 2. The van der Waals surface area contributed by atoms with Gasteiger partial charge >= 0.3 is 5.97 Å². The molecule has 1 aromatic rings. The van der Waals surface area contributed by atoms with Gasteiger partial charge in [-0.25, -0.2) is 9.78 Å². The maximum atomic E-state index is 11.8. The van der Waals surface area contributed by atoms with Crippen LogP contribution in [0.3, 0.4) is 0 Å². The Morgan fingerprint density at radius 1 is 1.50 bits per heavy atom. The zero-order valence-corrected chi connectivity index (χ0v) is 12.2. The SMILES string of the molecule is CCC[C@H](NC(=O)CN(C)c1ccc(Cl)cn1)C(=O)O. The second-order valence-corrected chi connectivity index (χ2v) is 4.87. The van der Waals surface area contributed by atoms with Crippen LogP contribution in [0.5, 0.6) is 0 Å². The molecule has 0 unspecified atom stereocenters. The minimum atomic E-state index is -1.02. The molecule has 6 nitrogen and oxygen atoms in total. The van der Waals surface area contributed by atoms with Crippen molar-refractivity contribution in [3.8, 4) is 0 Å². The van der Waals surface area contributed by atoms with Gasteiger partial charge in [-0.2, -0.15) is 0 Å². The Morgan fingerprint density at radius 3 is 2.70 bits per heavy atom. The first kappa shape index (κ1) is 16.2. The number of carbonyl (C=O) groups excluding carboxylic acids is 1. The number of halogens is 1. The Balaban J connectivity index is 2.56. The molecule has 0 spiro atoms. The molecule has 0 aliphatic carbocycles. The van der Waals surface area contributed by atoms with Crippen molar-refractivity contribution in [2.24, 2.45) is 0 Å². The number of nitrogens with one attached hydrogen (secondary N) is 1. The molecule has 0 aromatic carbocycles. The molecule has 0 saturated heterocycles. The van der Waals surface area contributed by atoms with E-state index < -0.39 is 12.0 Å². The molecular weight excluding hydrogens is 282 g/mol. The van der Waals surface area contributed by atoms with Gasteiger partial charge in [0, 0.05) is 13.2 Å². The number of hydrogen-bond donors (Lipinski definition) is 2. The highest BCUT2D eigenvalue weighted by Crippen LogP contribution is 2.12. The lowest BCUT2D eigenvalue weighted by atomic mass is 10.1. The van der Waals surface area contributed by atoms with E-state index in [1.165, 1.54) is 6.20 Å². The largest absolute Gasteiger partial charge is 0.480 e. The van der Waals surface area contributed by atoms with E-state index in [0.717, 1.165) is 0 Å². The Hall–Kier alpha value is -1.82. The van der Waals surface area contributed by atoms with E-state index in [2.05, 4.69) is 10.3 Å². The normalized spacial score (nSPS) is 11.8.